The van der Waals surface area contributed by atoms with Crippen molar-refractivity contribution in [3.63, 3.8) is 0 Å². The van der Waals surface area contributed by atoms with Crippen molar-refractivity contribution in [2.24, 2.45) is 7.05 Å². The number of aryl methyl sites for hydroxylation is 1. The topological polar surface area (TPSA) is 64.0 Å². The minimum absolute atomic E-state index is 0.0591. The second-order valence-corrected chi connectivity index (χ2v) is 6.97. The number of halogens is 1. The normalized spacial score (nSPS) is 20.4. The first kappa shape index (κ1) is 13.1. The minimum atomic E-state index is -3.31. The lowest BCUT2D eigenvalue weighted by atomic mass is 10.0. The first-order valence-electron chi connectivity index (χ1n) is 6.23. The number of hydrogen-bond donors (Lipinski definition) is 1. The standard InChI is InChI=1S/C13H14FN3O2S/c1-17-8-10(7-15-17)16-12-4-5-20(18,19)13-3-2-9(14)6-11(12)13/h2-3,6-8,12,16H,4-5H2,1H3. The van der Waals surface area contributed by atoms with E-state index in [1.165, 1.54) is 18.2 Å². The van der Waals surface area contributed by atoms with Gasteiger partial charge in [0.05, 0.1) is 28.6 Å². The Morgan fingerprint density at radius 3 is 2.95 bits per heavy atom. The Morgan fingerprint density at radius 2 is 2.25 bits per heavy atom. The lowest BCUT2D eigenvalue weighted by Gasteiger charge is -2.26. The Balaban J connectivity index is 2.00. The molecule has 2 aromatic rings. The summed E-state index contributed by atoms with van der Waals surface area (Å²) in [6.07, 6.45) is 3.86. The predicted octanol–water partition coefficient (Wildman–Crippen LogP) is 1.89. The molecule has 20 heavy (non-hydrogen) atoms. The summed E-state index contributed by atoms with van der Waals surface area (Å²) in [5.74, 6) is -0.373. The number of fused-ring (bicyclic) bond motifs is 1. The van der Waals surface area contributed by atoms with Gasteiger partial charge in [-0.2, -0.15) is 5.10 Å². The highest BCUT2D eigenvalue weighted by molar-refractivity contribution is 7.91. The van der Waals surface area contributed by atoms with Crippen LogP contribution in [0.1, 0.15) is 18.0 Å². The van der Waals surface area contributed by atoms with E-state index in [1.807, 2.05) is 0 Å². The number of benzene rings is 1. The highest BCUT2D eigenvalue weighted by Gasteiger charge is 2.30. The zero-order valence-electron chi connectivity index (χ0n) is 10.9. The number of nitrogens with zero attached hydrogens (tertiary/aromatic N) is 2. The third kappa shape index (κ3) is 2.29. The predicted molar refractivity (Wildman–Crippen MR) is 72.6 cm³/mol. The Bertz CT molecular complexity index is 755. The highest BCUT2D eigenvalue weighted by Crippen LogP contribution is 2.34. The number of sulfone groups is 1. The molecule has 0 saturated carbocycles. The molecule has 2 heterocycles. The van der Waals surface area contributed by atoms with Gasteiger partial charge in [0.25, 0.3) is 0 Å². The first-order chi connectivity index (χ1) is 9.45. The number of rotatable bonds is 2. The van der Waals surface area contributed by atoms with E-state index in [0.29, 0.717) is 12.0 Å². The van der Waals surface area contributed by atoms with E-state index in [9.17, 15) is 12.8 Å². The van der Waals surface area contributed by atoms with Crippen molar-refractivity contribution in [3.8, 4) is 0 Å². The summed E-state index contributed by atoms with van der Waals surface area (Å²) in [6, 6.07) is 3.59. The van der Waals surface area contributed by atoms with Crippen LogP contribution in [0, 0.1) is 5.82 Å². The fourth-order valence-corrected chi connectivity index (χ4v) is 4.06. The minimum Gasteiger partial charge on any atom is -0.376 e. The maximum absolute atomic E-state index is 13.4. The largest absolute Gasteiger partial charge is 0.376 e. The zero-order valence-corrected chi connectivity index (χ0v) is 11.7. The van der Waals surface area contributed by atoms with Gasteiger partial charge in [-0.25, -0.2) is 12.8 Å². The molecule has 0 amide bonds. The van der Waals surface area contributed by atoms with Gasteiger partial charge in [-0.05, 0) is 30.2 Å². The van der Waals surface area contributed by atoms with Gasteiger partial charge in [0.1, 0.15) is 5.82 Å². The molecule has 1 unspecified atom stereocenters. The Hall–Kier alpha value is -1.89. The number of aromatic nitrogens is 2. The molecule has 0 radical (unpaired) electrons. The molecule has 1 N–H and O–H groups in total. The van der Waals surface area contributed by atoms with Crippen LogP contribution in [0.2, 0.25) is 0 Å². The van der Waals surface area contributed by atoms with Crippen LogP contribution >= 0.6 is 0 Å². The van der Waals surface area contributed by atoms with E-state index in [-0.39, 0.29) is 16.7 Å². The molecular weight excluding hydrogens is 281 g/mol. The van der Waals surface area contributed by atoms with Gasteiger partial charge < -0.3 is 5.32 Å². The van der Waals surface area contributed by atoms with Crippen LogP contribution in [0.15, 0.2) is 35.5 Å². The molecule has 5 nitrogen and oxygen atoms in total. The number of hydrogen-bond acceptors (Lipinski definition) is 4. The molecule has 1 aliphatic rings. The molecule has 1 aromatic carbocycles. The Morgan fingerprint density at radius 1 is 1.45 bits per heavy atom. The lowest BCUT2D eigenvalue weighted by Crippen LogP contribution is -2.24. The molecule has 0 aliphatic carbocycles. The van der Waals surface area contributed by atoms with Crippen molar-refractivity contribution >= 4 is 15.5 Å². The zero-order chi connectivity index (χ0) is 14.3. The van der Waals surface area contributed by atoms with Crippen molar-refractivity contribution in [2.45, 2.75) is 17.4 Å². The summed E-state index contributed by atoms with van der Waals surface area (Å²) >= 11 is 0. The van der Waals surface area contributed by atoms with Crippen LogP contribution in [-0.4, -0.2) is 24.0 Å². The van der Waals surface area contributed by atoms with Crippen LogP contribution in [0.5, 0.6) is 0 Å². The van der Waals surface area contributed by atoms with Gasteiger partial charge in [0.15, 0.2) is 9.84 Å². The van der Waals surface area contributed by atoms with Gasteiger partial charge in [0, 0.05) is 13.2 Å². The fraction of sp³-hybridized carbons (Fsp3) is 0.308. The Kier molecular flexibility index (Phi) is 3.01. The second-order valence-electron chi connectivity index (χ2n) is 4.89. The summed E-state index contributed by atoms with van der Waals surface area (Å²) in [7, 11) is -1.51. The van der Waals surface area contributed by atoms with Crippen molar-refractivity contribution in [1.82, 2.24) is 9.78 Å². The molecule has 0 spiro atoms. The van der Waals surface area contributed by atoms with Crippen LogP contribution in [-0.2, 0) is 16.9 Å². The number of nitrogens with one attached hydrogen (secondary N) is 1. The van der Waals surface area contributed by atoms with Crippen molar-refractivity contribution in [1.29, 1.82) is 0 Å². The third-order valence-electron chi connectivity index (χ3n) is 3.40. The monoisotopic (exact) mass is 295 g/mol. The summed E-state index contributed by atoms with van der Waals surface area (Å²) < 4.78 is 39.1. The maximum Gasteiger partial charge on any atom is 0.178 e. The molecule has 7 heteroatoms. The van der Waals surface area contributed by atoms with Gasteiger partial charge in [-0.3, -0.25) is 4.68 Å². The van der Waals surface area contributed by atoms with Gasteiger partial charge in [0.2, 0.25) is 0 Å². The lowest BCUT2D eigenvalue weighted by molar-refractivity contribution is 0.570. The SMILES string of the molecule is Cn1cc(NC2CCS(=O)(=O)c3ccc(F)cc32)cn1. The highest BCUT2D eigenvalue weighted by atomic mass is 32.2. The van der Waals surface area contributed by atoms with Crippen molar-refractivity contribution in [2.75, 3.05) is 11.1 Å². The van der Waals surface area contributed by atoms with E-state index in [0.717, 1.165) is 5.69 Å². The molecule has 0 saturated heterocycles. The average molecular weight is 295 g/mol. The molecule has 0 bridgehead atoms. The Labute approximate surface area is 116 Å². The summed E-state index contributed by atoms with van der Waals surface area (Å²) in [5, 5.41) is 7.25. The van der Waals surface area contributed by atoms with Crippen LogP contribution in [0.3, 0.4) is 0 Å². The van der Waals surface area contributed by atoms with Crippen molar-refractivity contribution in [3.05, 3.63) is 42.0 Å². The van der Waals surface area contributed by atoms with Crippen LogP contribution in [0.25, 0.3) is 0 Å². The second kappa shape index (κ2) is 4.59. The third-order valence-corrected chi connectivity index (χ3v) is 5.22. The summed E-state index contributed by atoms with van der Waals surface area (Å²) in [6.45, 7) is 0. The van der Waals surface area contributed by atoms with E-state index >= 15 is 0 Å². The smallest absolute Gasteiger partial charge is 0.178 e. The van der Waals surface area contributed by atoms with E-state index in [1.54, 1.807) is 24.1 Å². The molecule has 1 aliphatic heterocycles. The van der Waals surface area contributed by atoms with Crippen LogP contribution < -0.4 is 5.32 Å². The molecule has 3 rings (SSSR count). The van der Waals surface area contributed by atoms with E-state index in [2.05, 4.69) is 10.4 Å². The quantitative estimate of drug-likeness (QED) is 0.859. The molecule has 1 aromatic heterocycles. The van der Waals surface area contributed by atoms with Gasteiger partial charge >= 0.3 is 0 Å². The maximum atomic E-state index is 13.4. The average Bonchev–Trinajstić information content (AvgIpc) is 2.78. The summed E-state index contributed by atoms with van der Waals surface area (Å²) in [4.78, 5) is 0.214. The summed E-state index contributed by atoms with van der Waals surface area (Å²) in [5.41, 5.74) is 1.27. The first-order valence-corrected chi connectivity index (χ1v) is 7.88. The molecular formula is C13H14FN3O2S. The molecule has 0 fully saturated rings. The number of anilines is 1. The van der Waals surface area contributed by atoms with Gasteiger partial charge in [-0.15, -0.1) is 0 Å². The molecule has 1 atom stereocenters. The fourth-order valence-electron chi connectivity index (χ4n) is 2.46. The van der Waals surface area contributed by atoms with E-state index < -0.39 is 15.7 Å². The van der Waals surface area contributed by atoms with Crippen molar-refractivity contribution < 1.29 is 12.8 Å². The van der Waals surface area contributed by atoms with E-state index in [4.69, 9.17) is 0 Å². The van der Waals surface area contributed by atoms with Crippen LogP contribution in [0.4, 0.5) is 10.1 Å². The van der Waals surface area contributed by atoms with Gasteiger partial charge in [-0.1, -0.05) is 0 Å². The molecule has 106 valence electrons.